The van der Waals surface area contributed by atoms with E-state index in [-0.39, 0.29) is 32.7 Å². The fraction of sp³-hybridized carbons (Fsp3) is 0.368. The van der Waals surface area contributed by atoms with E-state index in [4.69, 9.17) is 11.6 Å². The van der Waals surface area contributed by atoms with Gasteiger partial charge < -0.3 is 5.11 Å². The predicted octanol–water partition coefficient (Wildman–Crippen LogP) is 3.54. The van der Waals surface area contributed by atoms with Gasteiger partial charge in [-0.05, 0) is 35.9 Å². The highest BCUT2D eigenvalue weighted by molar-refractivity contribution is 7.89. The largest absolute Gasteiger partial charge is 0.417 e. The molecule has 1 aliphatic heterocycles. The summed E-state index contributed by atoms with van der Waals surface area (Å²) >= 11 is 5.56. The molecule has 164 valence electrons. The molecule has 0 aliphatic carbocycles. The second-order valence-electron chi connectivity index (χ2n) is 6.91. The van der Waals surface area contributed by atoms with E-state index in [9.17, 15) is 31.1 Å². The van der Waals surface area contributed by atoms with Crippen molar-refractivity contribution in [2.24, 2.45) is 0 Å². The van der Waals surface area contributed by atoms with Crippen molar-refractivity contribution >= 4 is 21.6 Å². The molecular weight excluding hydrogens is 448 g/mol. The summed E-state index contributed by atoms with van der Waals surface area (Å²) in [5.41, 5.74) is -0.798. The second-order valence-corrected chi connectivity index (χ2v) is 9.26. The predicted molar refractivity (Wildman–Crippen MR) is 103 cm³/mol. The van der Waals surface area contributed by atoms with E-state index >= 15 is 0 Å². The highest BCUT2D eigenvalue weighted by Crippen LogP contribution is 2.36. The molecule has 0 radical (unpaired) electrons. The number of alkyl halides is 3. The van der Waals surface area contributed by atoms with Crippen molar-refractivity contribution in [1.82, 2.24) is 9.21 Å². The van der Waals surface area contributed by atoms with Crippen LogP contribution in [0.25, 0.3) is 0 Å². The van der Waals surface area contributed by atoms with Gasteiger partial charge in [0.15, 0.2) is 0 Å². The van der Waals surface area contributed by atoms with Crippen LogP contribution in [0.3, 0.4) is 0 Å². The molecule has 2 aromatic rings. The number of sulfonamides is 1. The van der Waals surface area contributed by atoms with Crippen LogP contribution in [0.5, 0.6) is 0 Å². The summed E-state index contributed by atoms with van der Waals surface area (Å²) < 4.78 is 79.1. The lowest BCUT2D eigenvalue weighted by Crippen LogP contribution is -2.49. The lowest BCUT2D eigenvalue weighted by Gasteiger charge is -2.35. The van der Waals surface area contributed by atoms with Crippen molar-refractivity contribution in [3.63, 3.8) is 0 Å². The zero-order valence-corrected chi connectivity index (χ0v) is 17.2. The van der Waals surface area contributed by atoms with Crippen LogP contribution in [0.15, 0.2) is 47.4 Å². The summed E-state index contributed by atoms with van der Waals surface area (Å²) in [6.07, 6.45) is -5.72. The quantitative estimate of drug-likeness (QED) is 0.685. The molecule has 30 heavy (non-hydrogen) atoms. The van der Waals surface area contributed by atoms with Gasteiger partial charge >= 0.3 is 6.18 Å². The third-order valence-electron chi connectivity index (χ3n) is 4.88. The van der Waals surface area contributed by atoms with E-state index in [2.05, 4.69) is 0 Å². The molecule has 2 aromatic carbocycles. The maximum atomic E-state index is 13.3. The Balaban J connectivity index is 1.67. The third kappa shape index (κ3) is 5.12. The lowest BCUT2D eigenvalue weighted by molar-refractivity contribution is -0.137. The second kappa shape index (κ2) is 8.80. The van der Waals surface area contributed by atoms with Crippen LogP contribution in [0, 0.1) is 5.82 Å². The van der Waals surface area contributed by atoms with Gasteiger partial charge in [-0.2, -0.15) is 17.5 Å². The summed E-state index contributed by atoms with van der Waals surface area (Å²) in [7, 11) is -4.14. The van der Waals surface area contributed by atoms with Gasteiger partial charge in [0.1, 0.15) is 5.82 Å². The molecule has 1 fully saturated rings. The maximum Gasteiger partial charge on any atom is 0.417 e. The Bertz CT molecular complexity index is 1010. The first-order chi connectivity index (χ1) is 14.0. The summed E-state index contributed by atoms with van der Waals surface area (Å²) in [4.78, 5) is 1.33. The molecule has 5 nitrogen and oxygen atoms in total. The van der Waals surface area contributed by atoms with Crippen LogP contribution in [0.2, 0.25) is 5.02 Å². The molecule has 0 spiro atoms. The molecule has 0 amide bonds. The Morgan fingerprint density at radius 3 is 2.33 bits per heavy atom. The topological polar surface area (TPSA) is 60.9 Å². The van der Waals surface area contributed by atoms with Gasteiger partial charge in [-0.15, -0.1) is 0 Å². The SMILES string of the molecule is O=S(=O)(c1ccc(Cl)c(C(F)(F)F)c1)N1CCN(CC(O)c2cccc(F)c2)CC1. The van der Waals surface area contributed by atoms with Gasteiger partial charge in [-0.25, -0.2) is 12.8 Å². The average Bonchev–Trinajstić information content (AvgIpc) is 2.67. The molecule has 0 bridgehead atoms. The van der Waals surface area contributed by atoms with Gasteiger partial charge in [-0.3, -0.25) is 4.90 Å². The molecule has 3 rings (SSSR count). The summed E-state index contributed by atoms with van der Waals surface area (Å²) in [6.45, 7) is 0.803. The first kappa shape index (κ1) is 23.0. The van der Waals surface area contributed by atoms with E-state index < -0.39 is 43.6 Å². The van der Waals surface area contributed by atoms with Crippen molar-refractivity contribution in [3.8, 4) is 0 Å². The highest BCUT2D eigenvalue weighted by Gasteiger charge is 2.36. The fourth-order valence-electron chi connectivity index (χ4n) is 3.25. The van der Waals surface area contributed by atoms with E-state index in [1.165, 1.54) is 18.2 Å². The van der Waals surface area contributed by atoms with Crippen molar-refractivity contribution < 1.29 is 31.1 Å². The third-order valence-corrected chi connectivity index (χ3v) is 7.10. The van der Waals surface area contributed by atoms with Crippen molar-refractivity contribution in [3.05, 3.63) is 64.4 Å². The number of aliphatic hydroxyl groups is 1. The van der Waals surface area contributed by atoms with Crippen LogP contribution in [-0.2, 0) is 16.2 Å². The van der Waals surface area contributed by atoms with Gasteiger partial charge in [-0.1, -0.05) is 23.7 Å². The number of nitrogens with zero attached hydrogens (tertiary/aromatic N) is 2. The first-order valence-corrected chi connectivity index (χ1v) is 10.8. The summed E-state index contributed by atoms with van der Waals surface area (Å²) in [5.74, 6) is -0.469. The number of piperazine rings is 1. The van der Waals surface area contributed by atoms with Crippen LogP contribution in [0.1, 0.15) is 17.2 Å². The van der Waals surface area contributed by atoms with Crippen LogP contribution >= 0.6 is 11.6 Å². The zero-order valence-electron chi connectivity index (χ0n) is 15.6. The minimum absolute atomic E-state index is 0.0438. The molecule has 1 unspecified atom stereocenters. The minimum Gasteiger partial charge on any atom is -0.387 e. The Labute approximate surface area is 176 Å². The molecule has 11 heteroatoms. The molecule has 1 atom stereocenters. The number of benzene rings is 2. The Morgan fingerprint density at radius 2 is 1.73 bits per heavy atom. The molecule has 1 N–H and O–H groups in total. The number of halogens is 5. The van der Waals surface area contributed by atoms with E-state index in [0.29, 0.717) is 11.6 Å². The molecule has 0 saturated carbocycles. The number of hydrogen-bond acceptors (Lipinski definition) is 4. The monoisotopic (exact) mass is 466 g/mol. The van der Waals surface area contributed by atoms with Crippen molar-refractivity contribution in [1.29, 1.82) is 0 Å². The Morgan fingerprint density at radius 1 is 1.07 bits per heavy atom. The van der Waals surface area contributed by atoms with Gasteiger partial charge in [0.2, 0.25) is 10.0 Å². The molecule has 0 aromatic heterocycles. The van der Waals surface area contributed by atoms with E-state index in [1.54, 1.807) is 6.07 Å². The van der Waals surface area contributed by atoms with Crippen LogP contribution < -0.4 is 0 Å². The Hall–Kier alpha value is -1.72. The van der Waals surface area contributed by atoms with Crippen LogP contribution in [0.4, 0.5) is 17.6 Å². The smallest absolute Gasteiger partial charge is 0.387 e. The number of rotatable bonds is 5. The molecule has 1 aliphatic rings. The van der Waals surface area contributed by atoms with Crippen molar-refractivity contribution in [2.75, 3.05) is 32.7 Å². The maximum absolute atomic E-state index is 13.3. The zero-order chi connectivity index (χ0) is 22.1. The number of β-amino-alcohol motifs (C(OH)–C–C–N with tert-alkyl or cyclic N) is 1. The van der Waals surface area contributed by atoms with Gasteiger partial charge in [0, 0.05) is 32.7 Å². The van der Waals surface area contributed by atoms with E-state index in [1.807, 2.05) is 4.90 Å². The lowest BCUT2D eigenvalue weighted by atomic mass is 10.1. The normalized spacial score (nSPS) is 17.8. The van der Waals surface area contributed by atoms with E-state index in [0.717, 1.165) is 16.4 Å². The number of hydrogen-bond donors (Lipinski definition) is 1. The average molecular weight is 467 g/mol. The highest BCUT2D eigenvalue weighted by atomic mass is 35.5. The van der Waals surface area contributed by atoms with Crippen LogP contribution in [-0.4, -0.2) is 55.5 Å². The standard InChI is InChI=1S/C19H19ClF4N2O3S/c20-17-5-4-15(11-16(17)19(22,23)24)30(28,29)26-8-6-25(7-9-26)12-18(27)13-2-1-3-14(21)10-13/h1-5,10-11,18,27H,6-9,12H2. The molecule has 1 heterocycles. The fourth-order valence-corrected chi connectivity index (χ4v) is 4.92. The summed E-state index contributed by atoms with van der Waals surface area (Å²) in [5, 5.41) is 9.70. The molecule has 1 saturated heterocycles. The first-order valence-electron chi connectivity index (χ1n) is 9.01. The van der Waals surface area contributed by atoms with Crippen molar-refractivity contribution in [2.45, 2.75) is 17.2 Å². The molecular formula is C19H19ClF4N2O3S. The number of aliphatic hydroxyl groups excluding tert-OH is 1. The Kier molecular flexibility index (Phi) is 6.73. The van der Waals surface area contributed by atoms with Gasteiger partial charge in [0.25, 0.3) is 0 Å². The minimum atomic E-state index is -4.77. The van der Waals surface area contributed by atoms with Gasteiger partial charge in [0.05, 0.1) is 21.6 Å². The summed E-state index contributed by atoms with van der Waals surface area (Å²) in [6, 6.07) is 8.07.